The molecule has 1 aromatic rings. The molecule has 1 aliphatic carbocycles. The maximum absolute atomic E-state index is 12.9. The van der Waals surface area contributed by atoms with Crippen LogP contribution in [0, 0.1) is 11.8 Å². The summed E-state index contributed by atoms with van der Waals surface area (Å²) in [4.78, 5) is 1.89. The quantitative estimate of drug-likeness (QED) is 0.736. The highest BCUT2D eigenvalue weighted by molar-refractivity contribution is 6.17. The van der Waals surface area contributed by atoms with E-state index in [2.05, 4.69) is 6.92 Å². The number of rotatable bonds is 4. The standard InChI is InChI=1S/C14H17ClF3N/c1-9-5-11(9)8-19(2)12-4-3-10(7-15)13(6-12)14(16,17)18/h3-4,6,9,11H,5,7-8H2,1-2H3. The number of hydrogen-bond acceptors (Lipinski definition) is 1. The van der Waals surface area contributed by atoms with Crippen LogP contribution in [0.1, 0.15) is 24.5 Å². The van der Waals surface area contributed by atoms with Crippen LogP contribution in [-0.2, 0) is 12.1 Å². The first kappa shape index (κ1) is 14.5. The second kappa shape index (κ2) is 5.23. The highest BCUT2D eigenvalue weighted by atomic mass is 35.5. The summed E-state index contributed by atoms with van der Waals surface area (Å²) in [6.45, 7) is 2.97. The summed E-state index contributed by atoms with van der Waals surface area (Å²) in [7, 11) is 1.83. The Labute approximate surface area is 116 Å². The topological polar surface area (TPSA) is 3.24 Å². The predicted octanol–water partition coefficient (Wildman–Crippen LogP) is 4.54. The first-order valence-corrected chi connectivity index (χ1v) is 6.83. The van der Waals surface area contributed by atoms with Gasteiger partial charge in [0.25, 0.3) is 0 Å². The molecule has 5 heteroatoms. The van der Waals surface area contributed by atoms with E-state index in [1.807, 2.05) is 11.9 Å². The lowest BCUT2D eigenvalue weighted by atomic mass is 10.1. The highest BCUT2D eigenvalue weighted by Gasteiger charge is 2.35. The Kier molecular flexibility index (Phi) is 4.00. The Morgan fingerprint density at radius 3 is 2.47 bits per heavy atom. The lowest BCUT2D eigenvalue weighted by Gasteiger charge is -2.22. The molecule has 0 aliphatic heterocycles. The Bertz CT molecular complexity index is 458. The van der Waals surface area contributed by atoms with Crippen LogP contribution in [-0.4, -0.2) is 13.6 Å². The van der Waals surface area contributed by atoms with Gasteiger partial charge in [-0.3, -0.25) is 0 Å². The monoisotopic (exact) mass is 291 g/mol. The molecule has 1 aromatic carbocycles. The Morgan fingerprint density at radius 1 is 1.37 bits per heavy atom. The third-order valence-electron chi connectivity index (χ3n) is 3.77. The van der Waals surface area contributed by atoms with Gasteiger partial charge in [-0.2, -0.15) is 13.2 Å². The molecule has 0 saturated heterocycles. The van der Waals surface area contributed by atoms with E-state index in [9.17, 15) is 13.2 Å². The number of halogens is 4. The molecule has 0 radical (unpaired) electrons. The van der Waals surface area contributed by atoms with Gasteiger partial charge in [0, 0.05) is 25.2 Å². The van der Waals surface area contributed by atoms with Crippen LogP contribution in [0.5, 0.6) is 0 Å². The third-order valence-corrected chi connectivity index (χ3v) is 4.06. The van der Waals surface area contributed by atoms with Crippen molar-refractivity contribution < 1.29 is 13.2 Å². The second-order valence-corrected chi connectivity index (χ2v) is 5.59. The molecule has 1 saturated carbocycles. The van der Waals surface area contributed by atoms with Crippen LogP contribution in [0.2, 0.25) is 0 Å². The number of alkyl halides is 4. The Hall–Kier alpha value is -0.900. The lowest BCUT2D eigenvalue weighted by Crippen LogP contribution is -2.21. The van der Waals surface area contributed by atoms with Gasteiger partial charge in [-0.1, -0.05) is 13.0 Å². The van der Waals surface area contributed by atoms with E-state index in [0.717, 1.165) is 13.0 Å². The maximum atomic E-state index is 12.9. The van der Waals surface area contributed by atoms with Gasteiger partial charge in [-0.05, 0) is 36.0 Å². The first-order chi connectivity index (χ1) is 8.82. The van der Waals surface area contributed by atoms with E-state index in [1.165, 1.54) is 12.1 Å². The molecule has 1 fully saturated rings. The van der Waals surface area contributed by atoms with Crippen molar-refractivity contribution >= 4 is 17.3 Å². The molecule has 0 amide bonds. The van der Waals surface area contributed by atoms with Gasteiger partial charge < -0.3 is 4.90 Å². The Morgan fingerprint density at radius 2 is 2.00 bits per heavy atom. The van der Waals surface area contributed by atoms with Crippen LogP contribution < -0.4 is 4.90 Å². The van der Waals surface area contributed by atoms with Gasteiger partial charge in [0.1, 0.15) is 0 Å². The highest BCUT2D eigenvalue weighted by Crippen LogP contribution is 2.40. The maximum Gasteiger partial charge on any atom is 0.416 e. The molecule has 2 unspecified atom stereocenters. The van der Waals surface area contributed by atoms with Gasteiger partial charge >= 0.3 is 6.18 Å². The predicted molar refractivity (Wildman–Crippen MR) is 71.5 cm³/mol. The fourth-order valence-corrected chi connectivity index (χ4v) is 2.53. The fraction of sp³-hybridized carbons (Fsp3) is 0.571. The van der Waals surface area contributed by atoms with Crippen molar-refractivity contribution in [2.45, 2.75) is 25.4 Å². The molecule has 0 aromatic heterocycles. The lowest BCUT2D eigenvalue weighted by molar-refractivity contribution is -0.138. The third kappa shape index (κ3) is 3.35. The number of nitrogens with zero attached hydrogens (tertiary/aromatic N) is 1. The van der Waals surface area contributed by atoms with E-state index in [1.54, 1.807) is 6.07 Å². The Balaban J connectivity index is 2.22. The van der Waals surface area contributed by atoms with Gasteiger partial charge in [0.2, 0.25) is 0 Å². The van der Waals surface area contributed by atoms with E-state index in [0.29, 0.717) is 17.5 Å². The van der Waals surface area contributed by atoms with Crippen molar-refractivity contribution in [3.05, 3.63) is 29.3 Å². The molecule has 0 bridgehead atoms. The van der Waals surface area contributed by atoms with E-state index in [4.69, 9.17) is 11.6 Å². The molecule has 0 N–H and O–H groups in total. The van der Waals surface area contributed by atoms with Crippen molar-refractivity contribution in [1.29, 1.82) is 0 Å². The minimum Gasteiger partial charge on any atom is -0.374 e. The summed E-state index contributed by atoms with van der Waals surface area (Å²) in [5.74, 6) is 1.16. The summed E-state index contributed by atoms with van der Waals surface area (Å²) < 4.78 is 38.8. The van der Waals surface area contributed by atoms with Crippen LogP contribution in [0.3, 0.4) is 0 Å². The second-order valence-electron chi connectivity index (χ2n) is 5.33. The molecule has 0 heterocycles. The molecular formula is C14H17ClF3N. The van der Waals surface area contributed by atoms with Crippen molar-refractivity contribution in [3.8, 4) is 0 Å². The van der Waals surface area contributed by atoms with Gasteiger partial charge in [-0.25, -0.2) is 0 Å². The first-order valence-electron chi connectivity index (χ1n) is 6.30. The average Bonchev–Trinajstić information content (AvgIpc) is 3.02. The van der Waals surface area contributed by atoms with Crippen molar-refractivity contribution in [3.63, 3.8) is 0 Å². The molecular weight excluding hydrogens is 275 g/mol. The average molecular weight is 292 g/mol. The number of anilines is 1. The smallest absolute Gasteiger partial charge is 0.374 e. The summed E-state index contributed by atoms with van der Waals surface area (Å²) in [6, 6.07) is 4.38. The van der Waals surface area contributed by atoms with Crippen molar-refractivity contribution in [2.75, 3.05) is 18.5 Å². The number of hydrogen-bond donors (Lipinski definition) is 0. The minimum absolute atomic E-state index is 0.126. The van der Waals surface area contributed by atoms with Crippen molar-refractivity contribution in [2.24, 2.45) is 11.8 Å². The summed E-state index contributed by atoms with van der Waals surface area (Å²) in [5, 5.41) is 0. The summed E-state index contributed by atoms with van der Waals surface area (Å²) >= 11 is 5.57. The van der Waals surface area contributed by atoms with Crippen LogP contribution in [0.4, 0.5) is 18.9 Å². The van der Waals surface area contributed by atoms with Gasteiger partial charge in [0.15, 0.2) is 0 Å². The molecule has 1 nitrogen and oxygen atoms in total. The minimum atomic E-state index is -4.35. The van der Waals surface area contributed by atoms with E-state index in [-0.39, 0.29) is 11.4 Å². The molecule has 2 rings (SSSR count). The zero-order chi connectivity index (χ0) is 14.2. The zero-order valence-corrected chi connectivity index (χ0v) is 11.7. The van der Waals surface area contributed by atoms with Crippen molar-refractivity contribution in [1.82, 2.24) is 0 Å². The normalized spacial score (nSPS) is 22.4. The molecule has 1 aliphatic rings. The summed E-state index contributed by atoms with van der Waals surface area (Å²) in [5.41, 5.74) is 0.0992. The van der Waals surface area contributed by atoms with Gasteiger partial charge in [-0.15, -0.1) is 11.6 Å². The number of benzene rings is 1. The molecule has 0 spiro atoms. The van der Waals surface area contributed by atoms with Crippen LogP contribution in [0.25, 0.3) is 0 Å². The summed E-state index contributed by atoms with van der Waals surface area (Å²) in [6.07, 6.45) is -3.19. The SMILES string of the molecule is CC1CC1CN(C)c1ccc(CCl)c(C(F)(F)F)c1. The largest absolute Gasteiger partial charge is 0.416 e. The van der Waals surface area contributed by atoms with E-state index >= 15 is 0 Å². The fourth-order valence-electron chi connectivity index (χ4n) is 2.29. The van der Waals surface area contributed by atoms with Crippen LogP contribution >= 0.6 is 11.6 Å². The van der Waals surface area contributed by atoms with Gasteiger partial charge in [0.05, 0.1) is 5.56 Å². The molecule has 2 atom stereocenters. The zero-order valence-electron chi connectivity index (χ0n) is 11.0. The molecule has 106 valence electrons. The van der Waals surface area contributed by atoms with E-state index < -0.39 is 11.7 Å². The molecule has 19 heavy (non-hydrogen) atoms. The van der Waals surface area contributed by atoms with Crippen LogP contribution in [0.15, 0.2) is 18.2 Å².